The van der Waals surface area contributed by atoms with Crippen molar-refractivity contribution in [2.45, 2.75) is 99.0 Å². The molecule has 1 aliphatic heterocycles. The van der Waals surface area contributed by atoms with Crippen LogP contribution in [0.3, 0.4) is 0 Å². The van der Waals surface area contributed by atoms with E-state index in [1.54, 1.807) is 0 Å². The first-order chi connectivity index (χ1) is 14.9. The summed E-state index contributed by atoms with van der Waals surface area (Å²) in [6.45, 7) is -0.291. The highest BCUT2D eigenvalue weighted by Crippen LogP contribution is 2.49. The molecule has 0 radical (unpaired) electrons. The van der Waals surface area contributed by atoms with Gasteiger partial charge in [-0.25, -0.2) is 0 Å². The third-order valence-electron chi connectivity index (χ3n) is 7.79. The molecule has 7 atom stereocenters. The number of methoxy groups -OCH3 is 1. The van der Waals surface area contributed by atoms with Crippen LogP contribution in [0.4, 0.5) is 4.39 Å². The molecular weight excluding hydrogens is 514 g/mol. The molecule has 0 aromatic heterocycles. The molecule has 178 valence electrons. The van der Waals surface area contributed by atoms with Gasteiger partial charge in [0, 0.05) is 22.7 Å². The normalized spacial score (nSPS) is 33.8. The summed E-state index contributed by atoms with van der Waals surface area (Å²) < 4.78 is 23.8. The number of alkyl halides is 2. The van der Waals surface area contributed by atoms with Gasteiger partial charge < -0.3 is 19.7 Å². The molecule has 0 amide bonds. The van der Waals surface area contributed by atoms with Crippen LogP contribution in [0.2, 0.25) is 0 Å². The van der Waals surface area contributed by atoms with Crippen LogP contribution in [0, 0.1) is 17.3 Å². The maximum Gasteiger partial charge on any atom is 0.305 e. The molecule has 31 heavy (non-hydrogen) atoms. The maximum atomic E-state index is 12.5. The Morgan fingerprint density at radius 3 is 2.74 bits per heavy atom. The van der Waals surface area contributed by atoms with Gasteiger partial charge >= 0.3 is 5.97 Å². The summed E-state index contributed by atoms with van der Waals surface area (Å²) in [6, 6.07) is 0. The van der Waals surface area contributed by atoms with Gasteiger partial charge in [-0.1, -0.05) is 47.6 Å². The lowest BCUT2D eigenvalue weighted by molar-refractivity contribution is -0.140. The predicted molar refractivity (Wildman–Crippen MR) is 126 cm³/mol. The number of carbonyl (C=O) groups excluding carboxylic acids is 1. The Bertz CT molecular complexity index is 611. The zero-order valence-electron chi connectivity index (χ0n) is 18.6. The third kappa shape index (κ3) is 6.21. The number of aliphatic hydroxyl groups is 2. The van der Waals surface area contributed by atoms with Crippen molar-refractivity contribution in [3.8, 4) is 0 Å². The second-order valence-corrected chi connectivity index (χ2v) is 11.3. The van der Waals surface area contributed by atoms with E-state index in [2.05, 4.69) is 22.6 Å². The number of carbonyl (C=O) groups is 1. The lowest BCUT2D eigenvalue weighted by atomic mass is 9.62. The number of fused-ring (bicyclic) bond motifs is 1. The monoisotopic (exact) mass is 552 g/mol. The van der Waals surface area contributed by atoms with E-state index in [4.69, 9.17) is 9.47 Å². The van der Waals surface area contributed by atoms with E-state index in [0.29, 0.717) is 23.2 Å². The second-order valence-electron chi connectivity index (χ2n) is 9.67. The van der Waals surface area contributed by atoms with E-state index < -0.39 is 12.2 Å². The summed E-state index contributed by atoms with van der Waals surface area (Å²) in [5.41, 5.74) is -0.101. The molecule has 3 fully saturated rings. The number of hydrogen-bond donors (Lipinski definition) is 2. The SMILES string of the molecule is COC(=O)CCCC(I)C1C[C@@H]2[C@@H](/C=C/[C@@H](O)C3(CCCCF)CCC3)[C@H](O)C[C@H]2O1. The Kier molecular flexibility index (Phi) is 9.62. The number of rotatable bonds is 12. The lowest BCUT2D eigenvalue weighted by Crippen LogP contribution is -2.40. The fourth-order valence-corrected chi connectivity index (χ4v) is 6.59. The smallest absolute Gasteiger partial charge is 0.305 e. The molecule has 3 aliphatic rings. The largest absolute Gasteiger partial charge is 0.469 e. The molecule has 2 N–H and O–H groups in total. The molecule has 5 nitrogen and oxygen atoms in total. The third-order valence-corrected chi connectivity index (χ3v) is 9.21. The molecule has 0 spiro atoms. The van der Waals surface area contributed by atoms with Crippen LogP contribution in [-0.2, 0) is 14.3 Å². The molecule has 2 aliphatic carbocycles. The fourth-order valence-electron chi connectivity index (χ4n) is 5.68. The van der Waals surface area contributed by atoms with Crippen LogP contribution in [0.5, 0.6) is 0 Å². The number of unbranched alkanes of at least 4 members (excludes halogenated alkanes) is 1. The minimum absolute atomic E-state index is 0.00582. The fraction of sp³-hybridized carbons (Fsp3) is 0.875. The van der Waals surface area contributed by atoms with Crippen LogP contribution in [-0.4, -0.2) is 58.3 Å². The zero-order chi connectivity index (χ0) is 22.4. The van der Waals surface area contributed by atoms with Crippen LogP contribution in [0.15, 0.2) is 12.2 Å². The molecule has 1 saturated heterocycles. The van der Waals surface area contributed by atoms with Crippen molar-refractivity contribution in [3.63, 3.8) is 0 Å². The molecule has 2 unspecified atom stereocenters. The summed E-state index contributed by atoms with van der Waals surface area (Å²) in [6.07, 6.45) is 12.2. The van der Waals surface area contributed by atoms with Crippen molar-refractivity contribution < 1.29 is 28.9 Å². The standard InChI is InChI=1S/C24H38FIO5/c1-30-23(29)7-4-6-18(26)21-14-17-16(19(27)15-20(17)31-21)8-9-22(28)24(11-5-12-24)10-2-3-13-25/h8-9,16-22,27-28H,2-7,10-15H2,1H3/b9-8+/t16-,17-,18?,19-,20-,21?,22-/m1/s1. The summed E-state index contributed by atoms with van der Waals surface area (Å²) >= 11 is 2.42. The first-order valence-electron chi connectivity index (χ1n) is 11.9. The minimum atomic E-state index is -0.527. The van der Waals surface area contributed by atoms with Crippen molar-refractivity contribution in [2.75, 3.05) is 13.8 Å². The Morgan fingerprint density at radius 2 is 2.10 bits per heavy atom. The van der Waals surface area contributed by atoms with Crippen molar-refractivity contribution >= 4 is 28.6 Å². The summed E-state index contributed by atoms with van der Waals surface area (Å²) in [5, 5.41) is 21.5. The van der Waals surface area contributed by atoms with Gasteiger partial charge in [0.25, 0.3) is 0 Å². The Hall–Kier alpha value is -0.250. The van der Waals surface area contributed by atoms with E-state index in [1.807, 2.05) is 12.2 Å². The molecule has 0 bridgehead atoms. The van der Waals surface area contributed by atoms with Crippen LogP contribution < -0.4 is 0 Å². The van der Waals surface area contributed by atoms with Gasteiger partial charge in [0.1, 0.15) is 0 Å². The van der Waals surface area contributed by atoms with Gasteiger partial charge in [0.05, 0.1) is 38.2 Å². The van der Waals surface area contributed by atoms with E-state index in [1.165, 1.54) is 7.11 Å². The average Bonchev–Trinajstić information content (AvgIpc) is 3.25. The summed E-state index contributed by atoms with van der Waals surface area (Å²) in [4.78, 5) is 11.3. The first kappa shape index (κ1) is 25.4. The zero-order valence-corrected chi connectivity index (χ0v) is 20.7. The van der Waals surface area contributed by atoms with E-state index in [9.17, 15) is 19.4 Å². The molecule has 1 heterocycles. The van der Waals surface area contributed by atoms with Crippen molar-refractivity contribution in [2.24, 2.45) is 17.3 Å². The van der Waals surface area contributed by atoms with Crippen LogP contribution in [0.25, 0.3) is 0 Å². The van der Waals surface area contributed by atoms with Gasteiger partial charge in [-0.15, -0.1) is 0 Å². The van der Waals surface area contributed by atoms with Crippen molar-refractivity contribution in [1.82, 2.24) is 0 Å². The van der Waals surface area contributed by atoms with Gasteiger partial charge in [-0.3, -0.25) is 9.18 Å². The van der Waals surface area contributed by atoms with Gasteiger partial charge in [0.2, 0.25) is 0 Å². The van der Waals surface area contributed by atoms with Gasteiger partial charge in [0.15, 0.2) is 0 Å². The number of aliphatic hydroxyl groups excluding tert-OH is 2. The Balaban J connectivity index is 1.52. The molecule has 2 saturated carbocycles. The van der Waals surface area contributed by atoms with Gasteiger partial charge in [-0.05, 0) is 56.3 Å². The van der Waals surface area contributed by atoms with Crippen molar-refractivity contribution in [3.05, 3.63) is 12.2 Å². The first-order valence-corrected chi connectivity index (χ1v) is 13.1. The van der Waals surface area contributed by atoms with Crippen molar-refractivity contribution in [1.29, 1.82) is 0 Å². The summed E-state index contributed by atoms with van der Waals surface area (Å²) in [7, 11) is 1.41. The predicted octanol–water partition coefficient (Wildman–Crippen LogP) is 4.52. The lowest BCUT2D eigenvalue weighted by Gasteiger charge is -2.45. The highest BCUT2D eigenvalue weighted by atomic mass is 127. The Labute approximate surface area is 199 Å². The molecule has 3 rings (SSSR count). The second kappa shape index (κ2) is 11.7. The number of hydrogen-bond acceptors (Lipinski definition) is 5. The van der Waals surface area contributed by atoms with Crippen LogP contribution >= 0.6 is 22.6 Å². The minimum Gasteiger partial charge on any atom is -0.469 e. The number of ether oxygens (including phenoxy) is 2. The van der Waals surface area contributed by atoms with Crippen LogP contribution in [0.1, 0.15) is 70.6 Å². The molecular formula is C24H38FIO5. The number of esters is 1. The summed E-state index contributed by atoms with van der Waals surface area (Å²) in [5.74, 6) is 0.102. The molecule has 7 heteroatoms. The Morgan fingerprint density at radius 1 is 1.32 bits per heavy atom. The van der Waals surface area contributed by atoms with E-state index in [-0.39, 0.29) is 42.1 Å². The molecule has 0 aromatic carbocycles. The quantitative estimate of drug-likeness (QED) is 0.123. The highest BCUT2D eigenvalue weighted by molar-refractivity contribution is 14.1. The number of halogens is 2. The van der Waals surface area contributed by atoms with E-state index >= 15 is 0 Å². The molecule has 0 aromatic rings. The topological polar surface area (TPSA) is 76.0 Å². The van der Waals surface area contributed by atoms with Gasteiger partial charge in [-0.2, -0.15) is 0 Å². The highest BCUT2D eigenvalue weighted by Gasteiger charge is 2.49. The van der Waals surface area contributed by atoms with E-state index in [0.717, 1.165) is 51.4 Å². The maximum absolute atomic E-state index is 12.5. The average molecular weight is 552 g/mol.